The quantitative estimate of drug-likeness (QED) is 0.688. The molecule has 0 aliphatic rings. The van der Waals surface area contributed by atoms with Crippen molar-refractivity contribution in [3.63, 3.8) is 0 Å². The van der Waals surface area contributed by atoms with Gasteiger partial charge in [0, 0.05) is 13.1 Å². The average molecular weight is 224 g/mol. The van der Waals surface area contributed by atoms with Gasteiger partial charge in [0.15, 0.2) is 0 Å². The largest absolute Gasteiger partial charge is 0.314 e. The van der Waals surface area contributed by atoms with E-state index in [4.69, 9.17) is 0 Å². The lowest BCUT2D eigenvalue weighted by Gasteiger charge is -2.06. The Morgan fingerprint density at radius 1 is 1.19 bits per heavy atom. The minimum atomic E-state index is 0.823. The Balaban J connectivity index is 2.66. The first-order valence-corrected chi connectivity index (χ1v) is 6.39. The van der Waals surface area contributed by atoms with E-state index >= 15 is 0 Å². The van der Waals surface area contributed by atoms with Gasteiger partial charge in [-0.25, -0.2) is 4.68 Å². The Labute approximate surface area is 98.4 Å². The molecule has 92 valence electrons. The second-order valence-corrected chi connectivity index (χ2v) is 4.19. The number of hydrogen-bond acceptors (Lipinski definition) is 3. The molecule has 0 unspecified atom stereocenters. The lowest BCUT2D eigenvalue weighted by molar-refractivity contribution is 0.518. The molecule has 0 bridgehead atoms. The fourth-order valence-electron chi connectivity index (χ4n) is 1.87. The minimum Gasteiger partial charge on any atom is -0.314 e. The molecule has 4 heteroatoms. The van der Waals surface area contributed by atoms with E-state index in [1.807, 2.05) is 7.05 Å². The minimum absolute atomic E-state index is 0.823. The molecule has 0 saturated heterocycles. The van der Waals surface area contributed by atoms with Crippen LogP contribution in [0.4, 0.5) is 0 Å². The molecule has 4 nitrogen and oxygen atoms in total. The molecule has 0 spiro atoms. The van der Waals surface area contributed by atoms with Crippen LogP contribution in [0.25, 0.3) is 0 Å². The summed E-state index contributed by atoms with van der Waals surface area (Å²) in [4.78, 5) is 0. The summed E-state index contributed by atoms with van der Waals surface area (Å²) in [5.41, 5.74) is 2.42. The summed E-state index contributed by atoms with van der Waals surface area (Å²) in [6, 6.07) is 0. The van der Waals surface area contributed by atoms with Crippen LogP contribution in [0.5, 0.6) is 0 Å². The average Bonchev–Trinajstić information content (AvgIpc) is 2.64. The molecular formula is C12H24N4. The molecule has 0 aliphatic carbocycles. The molecule has 16 heavy (non-hydrogen) atoms. The van der Waals surface area contributed by atoms with Crippen LogP contribution in [-0.2, 0) is 19.5 Å². The van der Waals surface area contributed by atoms with Crippen molar-refractivity contribution in [1.29, 1.82) is 0 Å². The van der Waals surface area contributed by atoms with Crippen LogP contribution in [0, 0.1) is 0 Å². The van der Waals surface area contributed by atoms with E-state index in [9.17, 15) is 0 Å². The highest BCUT2D eigenvalue weighted by molar-refractivity contribution is 5.10. The van der Waals surface area contributed by atoms with Crippen molar-refractivity contribution < 1.29 is 0 Å². The van der Waals surface area contributed by atoms with Gasteiger partial charge in [-0.1, -0.05) is 38.3 Å². The van der Waals surface area contributed by atoms with Crippen LogP contribution >= 0.6 is 0 Å². The molecule has 0 saturated carbocycles. The molecule has 1 aromatic rings. The van der Waals surface area contributed by atoms with Gasteiger partial charge in [0.1, 0.15) is 0 Å². The first kappa shape index (κ1) is 13.2. The zero-order chi connectivity index (χ0) is 11.8. The van der Waals surface area contributed by atoms with Crippen molar-refractivity contribution in [2.45, 2.75) is 59.0 Å². The fourth-order valence-corrected chi connectivity index (χ4v) is 1.87. The lowest BCUT2D eigenvalue weighted by atomic mass is 10.2. The number of nitrogens with zero attached hydrogens (tertiary/aromatic N) is 3. The van der Waals surface area contributed by atoms with Crippen LogP contribution in [0.15, 0.2) is 0 Å². The maximum Gasteiger partial charge on any atom is 0.0996 e. The third-order valence-corrected chi connectivity index (χ3v) is 2.72. The van der Waals surface area contributed by atoms with E-state index in [0.717, 1.165) is 31.6 Å². The highest BCUT2D eigenvalue weighted by Gasteiger charge is 2.10. The molecule has 0 radical (unpaired) electrons. The molecule has 0 atom stereocenters. The summed E-state index contributed by atoms with van der Waals surface area (Å²) < 4.78 is 2.09. The maximum atomic E-state index is 4.25. The SMILES string of the molecule is CCCCCn1nnc(CNC)c1CCC. The van der Waals surface area contributed by atoms with E-state index in [2.05, 4.69) is 34.2 Å². The van der Waals surface area contributed by atoms with Crippen molar-refractivity contribution in [1.82, 2.24) is 20.3 Å². The monoisotopic (exact) mass is 224 g/mol. The summed E-state index contributed by atoms with van der Waals surface area (Å²) >= 11 is 0. The van der Waals surface area contributed by atoms with E-state index in [1.165, 1.54) is 25.0 Å². The summed E-state index contributed by atoms with van der Waals surface area (Å²) in [7, 11) is 1.95. The van der Waals surface area contributed by atoms with Gasteiger partial charge in [-0.05, 0) is 19.9 Å². The molecule has 0 aliphatic heterocycles. The predicted molar refractivity (Wildman–Crippen MR) is 66.3 cm³/mol. The molecule has 0 fully saturated rings. The molecule has 0 aromatic carbocycles. The summed E-state index contributed by atoms with van der Waals surface area (Å²) in [6.07, 6.45) is 5.96. The van der Waals surface area contributed by atoms with Crippen LogP contribution < -0.4 is 5.32 Å². The molecule has 1 aromatic heterocycles. The van der Waals surface area contributed by atoms with Gasteiger partial charge in [0.05, 0.1) is 11.4 Å². The standard InChI is InChI=1S/C12H24N4/c1-4-6-7-9-16-12(8-5-2)11(10-13-3)14-15-16/h13H,4-10H2,1-3H3. The Morgan fingerprint density at radius 2 is 2.00 bits per heavy atom. The molecular weight excluding hydrogens is 200 g/mol. The Morgan fingerprint density at radius 3 is 2.62 bits per heavy atom. The maximum absolute atomic E-state index is 4.25. The van der Waals surface area contributed by atoms with Crippen LogP contribution in [0.3, 0.4) is 0 Å². The number of rotatable bonds is 8. The van der Waals surface area contributed by atoms with Gasteiger partial charge in [-0.15, -0.1) is 5.10 Å². The molecule has 1 N–H and O–H groups in total. The number of hydrogen-bond donors (Lipinski definition) is 1. The molecule has 1 rings (SSSR count). The Hall–Kier alpha value is -0.900. The topological polar surface area (TPSA) is 42.7 Å². The van der Waals surface area contributed by atoms with Gasteiger partial charge < -0.3 is 5.32 Å². The molecule has 1 heterocycles. The van der Waals surface area contributed by atoms with E-state index < -0.39 is 0 Å². The van der Waals surface area contributed by atoms with E-state index in [0.29, 0.717) is 0 Å². The zero-order valence-electron chi connectivity index (χ0n) is 10.8. The first-order valence-electron chi connectivity index (χ1n) is 6.39. The fraction of sp³-hybridized carbons (Fsp3) is 0.833. The van der Waals surface area contributed by atoms with Crippen molar-refractivity contribution in [2.75, 3.05) is 7.05 Å². The van der Waals surface area contributed by atoms with Gasteiger partial charge in [-0.3, -0.25) is 0 Å². The molecule has 0 amide bonds. The smallest absolute Gasteiger partial charge is 0.0996 e. The number of unbranched alkanes of at least 4 members (excludes halogenated alkanes) is 2. The third kappa shape index (κ3) is 3.59. The lowest BCUT2D eigenvalue weighted by Crippen LogP contribution is -2.10. The van der Waals surface area contributed by atoms with Gasteiger partial charge >= 0.3 is 0 Å². The van der Waals surface area contributed by atoms with Gasteiger partial charge in [-0.2, -0.15) is 0 Å². The highest BCUT2D eigenvalue weighted by atomic mass is 15.4. The highest BCUT2D eigenvalue weighted by Crippen LogP contribution is 2.10. The van der Waals surface area contributed by atoms with Gasteiger partial charge in [0.2, 0.25) is 0 Å². The van der Waals surface area contributed by atoms with Crippen molar-refractivity contribution in [3.8, 4) is 0 Å². The van der Waals surface area contributed by atoms with E-state index in [1.54, 1.807) is 0 Å². The predicted octanol–water partition coefficient (Wildman–Crippen LogP) is 2.14. The number of aromatic nitrogens is 3. The number of nitrogens with one attached hydrogen (secondary N) is 1. The summed E-state index contributed by atoms with van der Waals surface area (Å²) in [5, 5.41) is 11.7. The summed E-state index contributed by atoms with van der Waals surface area (Å²) in [6.45, 7) is 6.26. The third-order valence-electron chi connectivity index (χ3n) is 2.72. The second kappa shape index (κ2) is 7.39. The van der Waals surface area contributed by atoms with Crippen molar-refractivity contribution in [2.24, 2.45) is 0 Å². The Bertz CT molecular complexity index is 293. The first-order chi connectivity index (χ1) is 7.83. The van der Waals surface area contributed by atoms with E-state index in [-0.39, 0.29) is 0 Å². The normalized spacial score (nSPS) is 10.9. The zero-order valence-corrected chi connectivity index (χ0v) is 10.8. The Kier molecular flexibility index (Phi) is 6.08. The second-order valence-electron chi connectivity index (χ2n) is 4.19. The van der Waals surface area contributed by atoms with Crippen molar-refractivity contribution >= 4 is 0 Å². The van der Waals surface area contributed by atoms with Crippen LogP contribution in [0.2, 0.25) is 0 Å². The van der Waals surface area contributed by atoms with Crippen molar-refractivity contribution in [3.05, 3.63) is 11.4 Å². The van der Waals surface area contributed by atoms with Gasteiger partial charge in [0.25, 0.3) is 0 Å². The summed E-state index contributed by atoms with van der Waals surface area (Å²) in [5.74, 6) is 0. The van der Waals surface area contributed by atoms with Crippen LogP contribution in [-0.4, -0.2) is 22.0 Å². The number of aryl methyl sites for hydroxylation is 1. The van der Waals surface area contributed by atoms with Crippen LogP contribution in [0.1, 0.15) is 50.9 Å².